The molecule has 0 atom stereocenters. The summed E-state index contributed by atoms with van der Waals surface area (Å²) in [6, 6.07) is 25.2. The van der Waals surface area contributed by atoms with E-state index in [4.69, 9.17) is 32.4 Å². The Morgan fingerprint density at radius 2 is 1.80 bits per heavy atom. The highest BCUT2D eigenvalue weighted by Crippen LogP contribution is 2.30. The Hall–Kier alpha value is -4.99. The summed E-state index contributed by atoms with van der Waals surface area (Å²) in [5.74, 6) is 1.01. The van der Waals surface area contributed by atoms with Gasteiger partial charge in [0.1, 0.15) is 17.9 Å². The Bertz CT molecular complexity index is 2030. The Morgan fingerprint density at radius 1 is 1.00 bits per heavy atom. The maximum absolute atomic E-state index is 13.5. The van der Waals surface area contributed by atoms with E-state index in [0.29, 0.717) is 43.6 Å². The standard InChI is InChI=1S/C30H18Cl2N4O5/c31-21-8-12-26-20(14-21)15-28(41-26)29-34-25-4-2-1-3-23(25)30(37)35(29)33-16-19-7-11-27(24(32)13-19)40-17-18-5-9-22(10-6-18)36(38)39/h1-16H,17H2. The van der Waals surface area contributed by atoms with Crippen LogP contribution in [0.5, 0.6) is 5.75 Å². The van der Waals surface area contributed by atoms with Gasteiger partial charge in [0.25, 0.3) is 11.2 Å². The summed E-state index contributed by atoms with van der Waals surface area (Å²) in [4.78, 5) is 28.5. The molecule has 0 amide bonds. The molecular weight excluding hydrogens is 567 g/mol. The van der Waals surface area contributed by atoms with Gasteiger partial charge in [0, 0.05) is 22.5 Å². The SMILES string of the molecule is O=c1c2ccccc2nc(-c2cc3cc(Cl)ccc3o2)n1N=Cc1ccc(OCc2ccc([N+](=O)[O-])cc2)c(Cl)c1. The minimum atomic E-state index is -0.459. The van der Waals surface area contributed by atoms with Gasteiger partial charge in [-0.15, -0.1) is 0 Å². The molecule has 6 rings (SSSR count). The molecule has 0 spiro atoms. The summed E-state index contributed by atoms with van der Waals surface area (Å²) < 4.78 is 13.0. The molecular formula is C30H18Cl2N4O5. The van der Waals surface area contributed by atoms with Gasteiger partial charge in [-0.05, 0) is 77.9 Å². The number of hydrogen-bond acceptors (Lipinski definition) is 7. The average Bonchev–Trinajstić information content (AvgIpc) is 3.39. The second-order valence-electron chi connectivity index (χ2n) is 9.01. The largest absolute Gasteiger partial charge is 0.487 e. The molecule has 6 aromatic rings. The zero-order valence-corrected chi connectivity index (χ0v) is 22.5. The number of nitrogens with zero attached hydrogens (tertiary/aromatic N) is 4. The third-order valence-corrected chi connectivity index (χ3v) is 6.80. The molecule has 202 valence electrons. The van der Waals surface area contributed by atoms with Crippen molar-refractivity contribution in [3.05, 3.63) is 133 Å². The monoisotopic (exact) mass is 584 g/mol. The molecule has 0 aliphatic rings. The molecule has 2 heterocycles. The van der Waals surface area contributed by atoms with Crippen molar-refractivity contribution in [3.63, 3.8) is 0 Å². The number of aromatic nitrogens is 2. The van der Waals surface area contributed by atoms with Gasteiger partial charge in [-0.25, -0.2) is 4.98 Å². The highest BCUT2D eigenvalue weighted by Gasteiger charge is 2.17. The molecule has 0 radical (unpaired) electrons. The Morgan fingerprint density at radius 3 is 2.59 bits per heavy atom. The number of nitro groups is 1. The minimum absolute atomic E-state index is 0.00372. The molecule has 4 aromatic carbocycles. The topological polar surface area (TPSA) is 113 Å². The van der Waals surface area contributed by atoms with E-state index in [1.807, 2.05) is 0 Å². The summed E-state index contributed by atoms with van der Waals surface area (Å²) in [5.41, 5.74) is 2.10. The second kappa shape index (κ2) is 10.9. The molecule has 9 nitrogen and oxygen atoms in total. The van der Waals surface area contributed by atoms with Gasteiger partial charge in [-0.1, -0.05) is 35.3 Å². The van der Waals surface area contributed by atoms with Crippen molar-refractivity contribution in [1.29, 1.82) is 0 Å². The fourth-order valence-electron chi connectivity index (χ4n) is 4.23. The van der Waals surface area contributed by atoms with Gasteiger partial charge in [0.15, 0.2) is 5.76 Å². The predicted octanol–water partition coefficient (Wildman–Crippen LogP) is 7.49. The van der Waals surface area contributed by atoms with E-state index in [1.165, 1.54) is 23.0 Å². The first-order chi connectivity index (χ1) is 19.9. The molecule has 2 aromatic heterocycles. The first-order valence-electron chi connectivity index (χ1n) is 12.3. The number of halogens is 2. The van der Waals surface area contributed by atoms with Crippen LogP contribution in [0.4, 0.5) is 5.69 Å². The van der Waals surface area contributed by atoms with E-state index in [0.717, 1.165) is 10.9 Å². The van der Waals surface area contributed by atoms with Crippen LogP contribution >= 0.6 is 23.2 Å². The molecule has 0 saturated carbocycles. The van der Waals surface area contributed by atoms with Gasteiger partial charge >= 0.3 is 0 Å². The van der Waals surface area contributed by atoms with Crippen LogP contribution in [0.1, 0.15) is 11.1 Å². The Balaban J connectivity index is 1.31. The number of para-hydroxylation sites is 1. The fraction of sp³-hybridized carbons (Fsp3) is 0.0333. The van der Waals surface area contributed by atoms with E-state index >= 15 is 0 Å². The van der Waals surface area contributed by atoms with Gasteiger partial charge < -0.3 is 9.15 Å². The number of benzene rings is 4. The number of furan rings is 1. The molecule has 0 bridgehead atoms. The van der Waals surface area contributed by atoms with Crippen LogP contribution in [0.25, 0.3) is 33.5 Å². The number of nitro benzene ring substituents is 1. The molecule has 0 unspecified atom stereocenters. The van der Waals surface area contributed by atoms with Crippen molar-refractivity contribution in [2.24, 2.45) is 5.10 Å². The number of non-ortho nitro benzene ring substituents is 1. The van der Waals surface area contributed by atoms with Crippen molar-refractivity contribution in [1.82, 2.24) is 9.66 Å². The van der Waals surface area contributed by atoms with Gasteiger partial charge in [0.05, 0.1) is 27.1 Å². The molecule has 0 aliphatic carbocycles. The quantitative estimate of drug-likeness (QED) is 0.109. The number of fused-ring (bicyclic) bond motifs is 2. The zero-order chi connectivity index (χ0) is 28.5. The summed E-state index contributed by atoms with van der Waals surface area (Å²) in [6.45, 7) is 0.176. The number of hydrogen-bond donors (Lipinski definition) is 0. The van der Waals surface area contributed by atoms with Crippen LogP contribution < -0.4 is 10.3 Å². The molecule has 0 saturated heterocycles. The lowest BCUT2D eigenvalue weighted by Gasteiger charge is -2.09. The summed E-state index contributed by atoms with van der Waals surface area (Å²) in [7, 11) is 0. The van der Waals surface area contributed by atoms with E-state index in [2.05, 4.69) is 10.1 Å². The van der Waals surface area contributed by atoms with Crippen molar-refractivity contribution < 1.29 is 14.1 Å². The van der Waals surface area contributed by atoms with Crippen LogP contribution in [-0.4, -0.2) is 20.8 Å². The summed E-state index contributed by atoms with van der Waals surface area (Å²) in [6.07, 6.45) is 1.49. The summed E-state index contributed by atoms with van der Waals surface area (Å²) in [5, 5.41) is 17.4. The molecule has 41 heavy (non-hydrogen) atoms. The van der Waals surface area contributed by atoms with Gasteiger partial charge in [-0.2, -0.15) is 9.78 Å². The lowest BCUT2D eigenvalue weighted by molar-refractivity contribution is -0.384. The maximum atomic E-state index is 13.5. The summed E-state index contributed by atoms with van der Waals surface area (Å²) >= 11 is 12.6. The second-order valence-corrected chi connectivity index (χ2v) is 9.85. The van der Waals surface area contributed by atoms with Crippen LogP contribution in [-0.2, 0) is 6.61 Å². The lowest BCUT2D eigenvalue weighted by atomic mass is 10.2. The van der Waals surface area contributed by atoms with Crippen LogP contribution in [0, 0.1) is 10.1 Å². The van der Waals surface area contributed by atoms with E-state index < -0.39 is 4.92 Å². The molecule has 0 N–H and O–H groups in total. The average molecular weight is 585 g/mol. The normalized spacial score (nSPS) is 11.5. The van der Waals surface area contributed by atoms with Crippen molar-refractivity contribution in [3.8, 4) is 17.3 Å². The van der Waals surface area contributed by atoms with Crippen molar-refractivity contribution in [2.75, 3.05) is 0 Å². The van der Waals surface area contributed by atoms with E-state index in [1.54, 1.807) is 78.9 Å². The van der Waals surface area contributed by atoms with Crippen LogP contribution in [0.15, 0.2) is 105 Å². The van der Waals surface area contributed by atoms with E-state index in [9.17, 15) is 14.9 Å². The van der Waals surface area contributed by atoms with Crippen molar-refractivity contribution in [2.45, 2.75) is 6.61 Å². The number of ether oxygens (including phenoxy) is 1. The third kappa shape index (κ3) is 5.41. The highest BCUT2D eigenvalue weighted by molar-refractivity contribution is 6.32. The lowest BCUT2D eigenvalue weighted by Crippen LogP contribution is -2.20. The zero-order valence-electron chi connectivity index (χ0n) is 21.0. The Labute approximate surface area is 242 Å². The third-order valence-electron chi connectivity index (χ3n) is 6.27. The molecule has 11 heteroatoms. The first-order valence-corrected chi connectivity index (χ1v) is 13.0. The maximum Gasteiger partial charge on any atom is 0.282 e. The van der Waals surface area contributed by atoms with Gasteiger partial charge in [-0.3, -0.25) is 14.9 Å². The van der Waals surface area contributed by atoms with Crippen LogP contribution in [0.3, 0.4) is 0 Å². The van der Waals surface area contributed by atoms with Crippen LogP contribution in [0.2, 0.25) is 10.0 Å². The minimum Gasteiger partial charge on any atom is -0.487 e. The molecule has 0 fully saturated rings. The first kappa shape index (κ1) is 26.2. The Kier molecular flexibility index (Phi) is 6.96. The van der Waals surface area contributed by atoms with E-state index in [-0.39, 0.29) is 23.7 Å². The number of rotatable bonds is 7. The fourth-order valence-corrected chi connectivity index (χ4v) is 4.65. The highest BCUT2D eigenvalue weighted by atomic mass is 35.5. The smallest absolute Gasteiger partial charge is 0.282 e. The molecule has 0 aliphatic heterocycles. The van der Waals surface area contributed by atoms with Gasteiger partial charge in [0.2, 0.25) is 5.82 Å². The predicted molar refractivity (Wildman–Crippen MR) is 158 cm³/mol. The van der Waals surface area contributed by atoms with Crippen molar-refractivity contribution >= 4 is 57.0 Å².